The third-order valence-corrected chi connectivity index (χ3v) is 3.83. The van der Waals surface area contributed by atoms with Crippen LogP contribution in [0.2, 0.25) is 5.02 Å². The molecule has 1 unspecified atom stereocenters. The zero-order chi connectivity index (χ0) is 16.3. The Bertz CT molecular complexity index is 671. The van der Waals surface area contributed by atoms with Gasteiger partial charge in [0.2, 0.25) is 5.82 Å². The largest absolute Gasteiger partial charge is 0.394 e. The van der Waals surface area contributed by atoms with E-state index in [1.807, 2.05) is 25.1 Å². The number of nitrogens with zero attached hydrogens (tertiary/aromatic N) is 4. The van der Waals surface area contributed by atoms with Gasteiger partial charge in [-0.3, -0.25) is 4.79 Å². The normalized spacial score (nSPS) is 12.2. The summed E-state index contributed by atoms with van der Waals surface area (Å²) in [5.74, 6) is 0.420. The first kappa shape index (κ1) is 16.5. The summed E-state index contributed by atoms with van der Waals surface area (Å²) in [6.45, 7) is 3.57. The van der Waals surface area contributed by atoms with E-state index in [0.717, 1.165) is 0 Å². The molecule has 2 aromatic rings. The van der Waals surface area contributed by atoms with E-state index in [0.29, 0.717) is 23.0 Å². The van der Waals surface area contributed by atoms with Crippen molar-refractivity contribution in [3.05, 3.63) is 40.9 Å². The van der Waals surface area contributed by atoms with Gasteiger partial charge in [0.15, 0.2) is 0 Å². The van der Waals surface area contributed by atoms with Gasteiger partial charge in [0, 0.05) is 13.5 Å². The van der Waals surface area contributed by atoms with Crippen molar-refractivity contribution in [1.82, 2.24) is 19.7 Å². The quantitative estimate of drug-likeness (QED) is 0.913. The molecule has 0 saturated heterocycles. The van der Waals surface area contributed by atoms with Crippen molar-refractivity contribution < 1.29 is 9.90 Å². The highest BCUT2D eigenvalue weighted by molar-refractivity contribution is 6.32. The summed E-state index contributed by atoms with van der Waals surface area (Å²) in [5.41, 5.74) is 0.686. The molecule has 1 N–H and O–H groups in total. The van der Waals surface area contributed by atoms with Gasteiger partial charge in [-0.15, -0.1) is 5.10 Å². The molecule has 0 aliphatic carbocycles. The molecule has 7 heteroatoms. The molecule has 118 valence electrons. The molecule has 0 bridgehead atoms. The lowest BCUT2D eigenvalue weighted by Crippen LogP contribution is -2.37. The number of rotatable bonds is 5. The smallest absolute Gasteiger partial charge is 0.293 e. The molecule has 22 heavy (non-hydrogen) atoms. The molecule has 0 aliphatic heterocycles. The summed E-state index contributed by atoms with van der Waals surface area (Å²) in [6.07, 6.45) is 0.616. The van der Waals surface area contributed by atoms with E-state index in [1.54, 1.807) is 24.7 Å². The van der Waals surface area contributed by atoms with Crippen LogP contribution in [0.25, 0.3) is 5.69 Å². The number of hydrogen-bond donors (Lipinski definition) is 1. The fourth-order valence-electron chi connectivity index (χ4n) is 1.96. The number of carbonyl (C=O) groups excluding carboxylic acids is 1. The number of para-hydroxylation sites is 1. The minimum atomic E-state index is -0.331. The van der Waals surface area contributed by atoms with Gasteiger partial charge >= 0.3 is 0 Å². The van der Waals surface area contributed by atoms with Crippen LogP contribution in [-0.2, 0) is 6.42 Å². The molecule has 1 heterocycles. The second-order valence-electron chi connectivity index (χ2n) is 5.02. The Balaban J connectivity index is 2.42. The van der Waals surface area contributed by atoms with Gasteiger partial charge in [-0.2, -0.15) is 0 Å². The van der Waals surface area contributed by atoms with Crippen molar-refractivity contribution in [3.63, 3.8) is 0 Å². The number of likely N-dealkylation sites (N-methyl/N-ethyl adjacent to an activating group) is 1. The zero-order valence-electron chi connectivity index (χ0n) is 12.8. The average Bonchev–Trinajstić information content (AvgIpc) is 2.97. The van der Waals surface area contributed by atoms with Crippen molar-refractivity contribution in [2.24, 2.45) is 0 Å². The van der Waals surface area contributed by atoms with E-state index < -0.39 is 0 Å². The van der Waals surface area contributed by atoms with Gasteiger partial charge in [0.25, 0.3) is 5.91 Å². The van der Waals surface area contributed by atoms with Crippen LogP contribution in [0, 0.1) is 0 Å². The van der Waals surface area contributed by atoms with Crippen molar-refractivity contribution in [3.8, 4) is 5.69 Å². The molecule has 1 amide bonds. The summed E-state index contributed by atoms with van der Waals surface area (Å²) >= 11 is 6.19. The van der Waals surface area contributed by atoms with E-state index in [9.17, 15) is 4.79 Å². The van der Waals surface area contributed by atoms with Crippen LogP contribution in [0.4, 0.5) is 0 Å². The maximum atomic E-state index is 12.4. The SMILES string of the molecule is CCc1nc(C(=O)N(C)C(C)CO)nn1-c1ccccc1Cl. The number of aryl methyl sites for hydroxylation is 1. The lowest BCUT2D eigenvalue weighted by Gasteiger charge is -2.21. The number of amides is 1. The highest BCUT2D eigenvalue weighted by Crippen LogP contribution is 2.21. The number of aromatic nitrogens is 3. The topological polar surface area (TPSA) is 71.2 Å². The molecule has 1 aromatic carbocycles. The van der Waals surface area contributed by atoms with Gasteiger partial charge in [-0.25, -0.2) is 9.67 Å². The minimum absolute atomic E-state index is 0.0968. The predicted molar refractivity (Wildman–Crippen MR) is 84.4 cm³/mol. The van der Waals surface area contributed by atoms with Gasteiger partial charge in [0.05, 0.1) is 23.4 Å². The Hall–Kier alpha value is -1.92. The van der Waals surface area contributed by atoms with Crippen LogP contribution in [0.1, 0.15) is 30.3 Å². The lowest BCUT2D eigenvalue weighted by atomic mass is 10.3. The third kappa shape index (κ3) is 3.13. The lowest BCUT2D eigenvalue weighted by molar-refractivity contribution is 0.0670. The first-order valence-corrected chi connectivity index (χ1v) is 7.46. The van der Waals surface area contributed by atoms with Crippen LogP contribution in [0.5, 0.6) is 0 Å². The molecule has 6 nitrogen and oxygen atoms in total. The summed E-state index contributed by atoms with van der Waals surface area (Å²) in [6, 6.07) is 6.97. The number of hydrogen-bond acceptors (Lipinski definition) is 4. The van der Waals surface area contributed by atoms with Crippen molar-refractivity contribution in [2.75, 3.05) is 13.7 Å². The number of aliphatic hydroxyl groups is 1. The Kier molecular flexibility index (Phi) is 5.15. The van der Waals surface area contributed by atoms with Crippen LogP contribution in [0.3, 0.4) is 0 Å². The number of halogens is 1. The molecule has 2 rings (SSSR count). The van der Waals surface area contributed by atoms with Crippen LogP contribution in [-0.4, -0.2) is 50.4 Å². The number of carbonyl (C=O) groups is 1. The fraction of sp³-hybridized carbons (Fsp3) is 0.400. The number of aliphatic hydroxyl groups excluding tert-OH is 1. The summed E-state index contributed by atoms with van der Waals surface area (Å²) < 4.78 is 1.59. The van der Waals surface area contributed by atoms with Crippen LogP contribution in [0.15, 0.2) is 24.3 Å². The third-order valence-electron chi connectivity index (χ3n) is 3.51. The predicted octanol–water partition coefficient (Wildman–Crippen LogP) is 1.94. The number of benzene rings is 1. The van der Waals surface area contributed by atoms with Crippen molar-refractivity contribution in [1.29, 1.82) is 0 Å². The van der Waals surface area contributed by atoms with E-state index in [-0.39, 0.29) is 24.4 Å². The Morgan fingerprint density at radius 1 is 1.45 bits per heavy atom. The van der Waals surface area contributed by atoms with E-state index in [4.69, 9.17) is 16.7 Å². The average molecular weight is 323 g/mol. The molecule has 0 fully saturated rings. The molecular weight excluding hydrogens is 304 g/mol. The first-order valence-electron chi connectivity index (χ1n) is 7.08. The van der Waals surface area contributed by atoms with E-state index in [1.165, 1.54) is 4.90 Å². The molecule has 1 atom stereocenters. The zero-order valence-corrected chi connectivity index (χ0v) is 13.6. The molecule has 0 spiro atoms. The molecule has 0 saturated carbocycles. The Morgan fingerprint density at radius 3 is 2.73 bits per heavy atom. The maximum Gasteiger partial charge on any atom is 0.293 e. The van der Waals surface area contributed by atoms with E-state index in [2.05, 4.69) is 10.1 Å². The molecular formula is C15H19ClN4O2. The second-order valence-corrected chi connectivity index (χ2v) is 5.42. The van der Waals surface area contributed by atoms with E-state index >= 15 is 0 Å². The van der Waals surface area contributed by atoms with Gasteiger partial charge in [-0.05, 0) is 19.1 Å². The molecule has 0 radical (unpaired) electrons. The fourth-order valence-corrected chi connectivity index (χ4v) is 2.18. The summed E-state index contributed by atoms with van der Waals surface area (Å²) in [7, 11) is 1.62. The summed E-state index contributed by atoms with van der Waals surface area (Å²) in [4.78, 5) is 18.1. The monoisotopic (exact) mass is 322 g/mol. The van der Waals surface area contributed by atoms with Gasteiger partial charge in [0.1, 0.15) is 5.82 Å². The first-order chi connectivity index (χ1) is 10.5. The van der Waals surface area contributed by atoms with Crippen molar-refractivity contribution in [2.45, 2.75) is 26.3 Å². The summed E-state index contributed by atoms with van der Waals surface area (Å²) in [5, 5.41) is 14.0. The highest BCUT2D eigenvalue weighted by Gasteiger charge is 2.23. The Morgan fingerprint density at radius 2 is 2.14 bits per heavy atom. The van der Waals surface area contributed by atoms with Gasteiger partial charge in [-0.1, -0.05) is 30.7 Å². The van der Waals surface area contributed by atoms with Crippen LogP contribution >= 0.6 is 11.6 Å². The Labute approximate surface area is 134 Å². The second kappa shape index (κ2) is 6.89. The highest BCUT2D eigenvalue weighted by atomic mass is 35.5. The molecule has 1 aromatic heterocycles. The van der Waals surface area contributed by atoms with Crippen LogP contribution < -0.4 is 0 Å². The maximum absolute atomic E-state index is 12.4. The molecule has 0 aliphatic rings. The standard InChI is InChI=1S/C15H19ClN4O2/c1-4-13-17-14(15(22)19(3)10(2)9-21)18-20(13)12-8-6-5-7-11(12)16/h5-8,10,21H,4,9H2,1-3H3. The van der Waals surface area contributed by atoms with Crippen molar-refractivity contribution >= 4 is 17.5 Å². The van der Waals surface area contributed by atoms with Gasteiger partial charge < -0.3 is 10.0 Å². The minimum Gasteiger partial charge on any atom is -0.394 e.